The number of carbonyl (C=O) groups excluding carboxylic acids is 1. The minimum atomic E-state index is -0.0590. The fraction of sp³-hybridized carbons (Fsp3) is 0.333. The van der Waals surface area contributed by atoms with Gasteiger partial charge >= 0.3 is 0 Å². The van der Waals surface area contributed by atoms with Crippen LogP contribution in [0.1, 0.15) is 0 Å². The number of ether oxygens (including phenoxy) is 2. The largest absolute Gasteiger partial charge is 0.490 e. The Morgan fingerprint density at radius 3 is 2.84 bits per heavy atom. The molecule has 2 aromatic rings. The molecule has 0 bridgehead atoms. The minimum absolute atomic E-state index is 0.00890. The maximum atomic E-state index is 12.5. The molecular weight excluding hydrogens is 342 g/mol. The Morgan fingerprint density at radius 2 is 2.08 bits per heavy atom. The van der Waals surface area contributed by atoms with Crippen LogP contribution in [0.3, 0.4) is 0 Å². The van der Waals surface area contributed by atoms with Gasteiger partial charge in [-0.2, -0.15) is 0 Å². The van der Waals surface area contributed by atoms with Gasteiger partial charge < -0.3 is 19.7 Å². The van der Waals surface area contributed by atoms with Crippen LogP contribution in [0.5, 0.6) is 11.5 Å². The van der Waals surface area contributed by atoms with Gasteiger partial charge in [-0.1, -0.05) is 11.6 Å². The number of hydrogen-bond acceptors (Lipinski definition) is 5. The van der Waals surface area contributed by atoms with Crippen LogP contribution >= 0.6 is 11.6 Å². The number of nitrogens with one attached hydrogen (secondary N) is 1. The summed E-state index contributed by atoms with van der Waals surface area (Å²) >= 11 is 5.84. The van der Waals surface area contributed by atoms with E-state index in [9.17, 15) is 4.79 Å². The van der Waals surface area contributed by atoms with Crippen LogP contribution in [0.15, 0.2) is 48.8 Å². The Balaban J connectivity index is 1.54. The van der Waals surface area contributed by atoms with Crippen molar-refractivity contribution in [3.05, 3.63) is 53.8 Å². The van der Waals surface area contributed by atoms with E-state index in [-0.39, 0.29) is 18.6 Å². The Bertz CT molecular complexity index is 682. The van der Waals surface area contributed by atoms with Gasteiger partial charge in [0.2, 0.25) is 0 Å². The number of halogens is 1. The zero-order valence-electron chi connectivity index (χ0n) is 13.7. The van der Waals surface area contributed by atoms with E-state index in [1.54, 1.807) is 36.7 Å². The van der Waals surface area contributed by atoms with E-state index in [0.29, 0.717) is 36.2 Å². The summed E-state index contributed by atoms with van der Waals surface area (Å²) in [4.78, 5) is 18.4. The van der Waals surface area contributed by atoms with Gasteiger partial charge in [0.05, 0.1) is 12.2 Å². The highest BCUT2D eigenvalue weighted by Gasteiger charge is 2.27. The number of carbonyl (C=O) groups is 1. The number of rotatable bonds is 6. The quantitative estimate of drug-likeness (QED) is 0.852. The monoisotopic (exact) mass is 361 g/mol. The van der Waals surface area contributed by atoms with Crippen LogP contribution in [0.2, 0.25) is 5.02 Å². The highest BCUT2D eigenvalue weighted by atomic mass is 35.5. The standard InChI is InChI=1S/C18H20ClN3O3/c19-14-3-5-16(6-4-14)25-13-18(23)22-9-8-21-10-15(22)12-24-17-2-1-7-20-11-17/h1-7,11,15,21H,8-10,12-13H2. The Hall–Kier alpha value is -2.31. The van der Waals surface area contributed by atoms with Crippen LogP contribution in [-0.2, 0) is 4.79 Å². The summed E-state index contributed by atoms with van der Waals surface area (Å²) in [6.45, 7) is 2.48. The first-order valence-electron chi connectivity index (χ1n) is 8.14. The molecule has 1 saturated heterocycles. The van der Waals surface area contributed by atoms with E-state index in [0.717, 1.165) is 6.54 Å². The van der Waals surface area contributed by atoms with Gasteiger partial charge in [-0.15, -0.1) is 0 Å². The molecule has 1 atom stereocenters. The number of amides is 1. The summed E-state index contributed by atoms with van der Waals surface area (Å²) in [6.07, 6.45) is 3.35. The zero-order valence-corrected chi connectivity index (χ0v) is 14.5. The summed E-state index contributed by atoms with van der Waals surface area (Å²) in [6, 6.07) is 10.6. The van der Waals surface area contributed by atoms with E-state index in [1.807, 2.05) is 17.0 Å². The fourth-order valence-electron chi connectivity index (χ4n) is 2.62. The third-order valence-electron chi connectivity index (χ3n) is 3.92. The van der Waals surface area contributed by atoms with Gasteiger partial charge in [-0.3, -0.25) is 9.78 Å². The number of hydrogen-bond donors (Lipinski definition) is 1. The smallest absolute Gasteiger partial charge is 0.260 e. The van der Waals surface area contributed by atoms with E-state index in [4.69, 9.17) is 21.1 Å². The molecule has 1 unspecified atom stereocenters. The lowest BCUT2D eigenvalue weighted by molar-refractivity contribution is -0.137. The molecule has 1 amide bonds. The first-order chi connectivity index (χ1) is 12.2. The average molecular weight is 362 g/mol. The van der Waals surface area contributed by atoms with Gasteiger partial charge in [0.1, 0.15) is 18.1 Å². The van der Waals surface area contributed by atoms with Gasteiger partial charge in [0, 0.05) is 30.9 Å². The Labute approximate surface area is 151 Å². The van der Waals surface area contributed by atoms with E-state index < -0.39 is 0 Å². The summed E-state index contributed by atoms with van der Waals surface area (Å²) in [7, 11) is 0. The second-order valence-corrected chi connectivity index (χ2v) is 6.12. The molecule has 0 spiro atoms. The normalized spacial score (nSPS) is 17.2. The van der Waals surface area contributed by atoms with Crippen molar-refractivity contribution in [1.82, 2.24) is 15.2 Å². The molecule has 0 radical (unpaired) electrons. The van der Waals surface area contributed by atoms with Crippen molar-refractivity contribution in [2.75, 3.05) is 32.8 Å². The molecule has 2 heterocycles. The van der Waals surface area contributed by atoms with E-state index in [2.05, 4.69) is 10.3 Å². The molecule has 3 rings (SSSR count). The third-order valence-corrected chi connectivity index (χ3v) is 4.18. The molecule has 1 aliphatic rings. The van der Waals surface area contributed by atoms with Crippen LogP contribution in [0, 0.1) is 0 Å². The first kappa shape index (κ1) is 17.5. The van der Waals surface area contributed by atoms with Crippen molar-refractivity contribution >= 4 is 17.5 Å². The summed E-state index contributed by atoms with van der Waals surface area (Å²) in [5, 5.41) is 3.92. The lowest BCUT2D eigenvalue weighted by Crippen LogP contribution is -2.56. The van der Waals surface area contributed by atoms with Gasteiger partial charge in [0.15, 0.2) is 6.61 Å². The van der Waals surface area contributed by atoms with E-state index in [1.165, 1.54) is 0 Å². The van der Waals surface area contributed by atoms with Crippen molar-refractivity contribution < 1.29 is 14.3 Å². The Kier molecular flexibility index (Phi) is 6.09. The van der Waals surface area contributed by atoms with Crippen molar-refractivity contribution in [2.24, 2.45) is 0 Å². The molecule has 132 valence electrons. The van der Waals surface area contributed by atoms with Gasteiger partial charge in [-0.25, -0.2) is 0 Å². The zero-order chi connectivity index (χ0) is 17.5. The maximum absolute atomic E-state index is 12.5. The topological polar surface area (TPSA) is 63.7 Å². The molecule has 1 aromatic carbocycles. The second kappa shape index (κ2) is 8.69. The molecular formula is C18H20ClN3O3. The molecule has 1 aliphatic heterocycles. The maximum Gasteiger partial charge on any atom is 0.260 e. The van der Waals surface area contributed by atoms with Crippen molar-refractivity contribution in [2.45, 2.75) is 6.04 Å². The highest BCUT2D eigenvalue weighted by Crippen LogP contribution is 2.16. The molecule has 6 nitrogen and oxygen atoms in total. The summed E-state index contributed by atoms with van der Waals surface area (Å²) in [5.74, 6) is 1.25. The van der Waals surface area contributed by atoms with Crippen molar-refractivity contribution in [3.8, 4) is 11.5 Å². The van der Waals surface area contributed by atoms with Crippen LogP contribution in [0.25, 0.3) is 0 Å². The van der Waals surface area contributed by atoms with E-state index >= 15 is 0 Å². The summed E-state index contributed by atoms with van der Waals surface area (Å²) < 4.78 is 11.3. The minimum Gasteiger partial charge on any atom is -0.490 e. The predicted octanol–water partition coefficient (Wildman–Crippen LogP) is 1.99. The Morgan fingerprint density at radius 1 is 1.24 bits per heavy atom. The molecule has 0 saturated carbocycles. The average Bonchev–Trinajstić information content (AvgIpc) is 2.67. The second-order valence-electron chi connectivity index (χ2n) is 5.69. The van der Waals surface area contributed by atoms with Crippen molar-refractivity contribution in [3.63, 3.8) is 0 Å². The molecule has 1 fully saturated rings. The SMILES string of the molecule is O=C(COc1ccc(Cl)cc1)N1CCNCC1COc1cccnc1. The number of nitrogens with zero attached hydrogens (tertiary/aromatic N) is 2. The van der Waals surface area contributed by atoms with Crippen LogP contribution in [-0.4, -0.2) is 54.7 Å². The van der Waals surface area contributed by atoms with Crippen LogP contribution in [0.4, 0.5) is 0 Å². The summed E-state index contributed by atoms with van der Waals surface area (Å²) in [5.41, 5.74) is 0. The lowest BCUT2D eigenvalue weighted by atomic mass is 10.2. The van der Waals surface area contributed by atoms with Gasteiger partial charge in [0.25, 0.3) is 5.91 Å². The number of pyridine rings is 1. The predicted molar refractivity (Wildman–Crippen MR) is 95.0 cm³/mol. The number of benzene rings is 1. The number of aromatic nitrogens is 1. The number of piperazine rings is 1. The highest BCUT2D eigenvalue weighted by molar-refractivity contribution is 6.30. The lowest BCUT2D eigenvalue weighted by Gasteiger charge is -2.35. The molecule has 0 aliphatic carbocycles. The third kappa shape index (κ3) is 5.08. The molecule has 1 N–H and O–H groups in total. The molecule has 25 heavy (non-hydrogen) atoms. The first-order valence-corrected chi connectivity index (χ1v) is 8.51. The fourth-order valence-corrected chi connectivity index (χ4v) is 2.75. The molecule has 1 aromatic heterocycles. The van der Waals surface area contributed by atoms with Crippen molar-refractivity contribution in [1.29, 1.82) is 0 Å². The molecule has 7 heteroatoms. The van der Waals surface area contributed by atoms with Crippen LogP contribution < -0.4 is 14.8 Å². The van der Waals surface area contributed by atoms with Gasteiger partial charge in [-0.05, 0) is 36.4 Å².